The smallest absolute Gasteiger partial charge is 0.225 e. The molecule has 0 saturated heterocycles. The van der Waals surface area contributed by atoms with Gasteiger partial charge in [-0.2, -0.15) is 0 Å². The number of hydrogen-bond donors (Lipinski definition) is 1. The Balaban J connectivity index is 2.69. The van der Waals surface area contributed by atoms with Gasteiger partial charge in [-0.3, -0.25) is 9.59 Å². The Hall–Kier alpha value is -2.01. The van der Waals surface area contributed by atoms with Crippen LogP contribution < -0.4 is 5.73 Å². The van der Waals surface area contributed by atoms with E-state index in [0.717, 1.165) is 18.2 Å². The summed E-state index contributed by atoms with van der Waals surface area (Å²) < 4.78 is 27.0. The van der Waals surface area contributed by atoms with Crippen molar-refractivity contribution in [3.63, 3.8) is 0 Å². The van der Waals surface area contributed by atoms with Gasteiger partial charge in [0.25, 0.3) is 0 Å². The van der Waals surface area contributed by atoms with E-state index in [2.05, 4.69) is 0 Å². The second-order valence-corrected chi connectivity index (χ2v) is 5.65. The number of rotatable bonds is 3. The van der Waals surface area contributed by atoms with Crippen molar-refractivity contribution >= 4 is 23.3 Å². The highest BCUT2D eigenvalue weighted by atomic mass is 35.5. The highest BCUT2D eigenvalue weighted by Crippen LogP contribution is 2.43. The molecule has 1 aromatic rings. The maximum absolute atomic E-state index is 13.5. The highest BCUT2D eigenvalue weighted by Gasteiger charge is 2.38. The molecular weight excluding hydrogens is 312 g/mol. The molecule has 0 fully saturated rings. The zero-order chi connectivity index (χ0) is 16.6. The van der Waals surface area contributed by atoms with Gasteiger partial charge in [0.2, 0.25) is 5.91 Å². The number of halogens is 3. The van der Waals surface area contributed by atoms with Crippen LogP contribution in [0.25, 0.3) is 0 Å². The van der Waals surface area contributed by atoms with Gasteiger partial charge >= 0.3 is 0 Å². The molecule has 3 nitrogen and oxygen atoms in total. The summed E-state index contributed by atoms with van der Waals surface area (Å²) in [6, 6.07) is 2.90. The van der Waals surface area contributed by atoms with Crippen molar-refractivity contribution < 1.29 is 18.4 Å². The Morgan fingerprint density at radius 2 is 1.73 bits per heavy atom. The SMILES string of the molecule is CC(=O)C1=CC(Cl)=C(C)[C@@H](C(N)=O)C1c1cc(F)cc(F)c1. The van der Waals surface area contributed by atoms with E-state index in [0.29, 0.717) is 5.57 Å². The van der Waals surface area contributed by atoms with Crippen LogP contribution in [0.15, 0.2) is 40.5 Å². The third-order valence-electron chi connectivity index (χ3n) is 3.75. The van der Waals surface area contributed by atoms with Crippen molar-refractivity contribution in [3.05, 3.63) is 57.7 Å². The van der Waals surface area contributed by atoms with Gasteiger partial charge < -0.3 is 5.73 Å². The van der Waals surface area contributed by atoms with E-state index in [-0.39, 0.29) is 22.0 Å². The van der Waals surface area contributed by atoms with Crippen molar-refractivity contribution in [3.8, 4) is 0 Å². The van der Waals surface area contributed by atoms with Gasteiger partial charge in [0.1, 0.15) is 11.6 Å². The van der Waals surface area contributed by atoms with Crippen LogP contribution in [0.1, 0.15) is 25.3 Å². The van der Waals surface area contributed by atoms with Gasteiger partial charge in [-0.25, -0.2) is 8.78 Å². The second kappa shape index (κ2) is 6.01. The highest BCUT2D eigenvalue weighted by molar-refractivity contribution is 6.32. The lowest BCUT2D eigenvalue weighted by Gasteiger charge is -2.31. The number of hydrogen-bond acceptors (Lipinski definition) is 2. The number of primary amides is 1. The van der Waals surface area contributed by atoms with Gasteiger partial charge in [0.15, 0.2) is 5.78 Å². The minimum Gasteiger partial charge on any atom is -0.369 e. The van der Waals surface area contributed by atoms with Crippen LogP contribution in [0.5, 0.6) is 0 Å². The number of amides is 1. The molecule has 0 aliphatic heterocycles. The number of carbonyl (C=O) groups is 2. The summed E-state index contributed by atoms with van der Waals surface area (Å²) in [5, 5.41) is 0.238. The minimum absolute atomic E-state index is 0.172. The van der Waals surface area contributed by atoms with Crippen LogP contribution in [0.4, 0.5) is 8.78 Å². The van der Waals surface area contributed by atoms with Crippen molar-refractivity contribution in [1.82, 2.24) is 0 Å². The first-order chi connectivity index (χ1) is 10.2. The zero-order valence-corrected chi connectivity index (χ0v) is 12.7. The van der Waals surface area contributed by atoms with E-state index in [1.54, 1.807) is 6.92 Å². The van der Waals surface area contributed by atoms with Crippen LogP contribution in [-0.4, -0.2) is 11.7 Å². The molecule has 1 unspecified atom stereocenters. The molecule has 22 heavy (non-hydrogen) atoms. The number of benzene rings is 1. The first kappa shape index (κ1) is 16.4. The van der Waals surface area contributed by atoms with Crippen molar-refractivity contribution in [2.45, 2.75) is 19.8 Å². The van der Waals surface area contributed by atoms with E-state index in [4.69, 9.17) is 17.3 Å². The molecule has 0 aromatic heterocycles. The molecule has 0 spiro atoms. The molecule has 0 heterocycles. The Morgan fingerprint density at radius 1 is 1.18 bits per heavy atom. The van der Waals surface area contributed by atoms with Crippen LogP contribution in [0.3, 0.4) is 0 Å². The number of carbonyl (C=O) groups excluding carboxylic acids is 2. The summed E-state index contributed by atoms with van der Waals surface area (Å²) in [6.45, 7) is 2.91. The van der Waals surface area contributed by atoms with Crippen molar-refractivity contribution in [1.29, 1.82) is 0 Å². The summed E-state index contributed by atoms with van der Waals surface area (Å²) in [5.41, 5.74) is 6.27. The van der Waals surface area contributed by atoms with E-state index < -0.39 is 29.4 Å². The summed E-state index contributed by atoms with van der Waals surface area (Å²) in [6.07, 6.45) is 1.42. The predicted molar refractivity (Wildman–Crippen MR) is 79.1 cm³/mol. The molecule has 6 heteroatoms. The topological polar surface area (TPSA) is 60.2 Å². The zero-order valence-electron chi connectivity index (χ0n) is 12.0. The first-order valence-corrected chi connectivity index (χ1v) is 6.94. The maximum Gasteiger partial charge on any atom is 0.225 e. The molecule has 2 atom stereocenters. The normalized spacial score (nSPS) is 21.6. The quantitative estimate of drug-likeness (QED) is 0.927. The number of nitrogens with two attached hydrogens (primary N) is 1. The van der Waals surface area contributed by atoms with Crippen LogP contribution >= 0.6 is 11.6 Å². The average molecular weight is 326 g/mol. The average Bonchev–Trinajstić information content (AvgIpc) is 2.39. The third kappa shape index (κ3) is 2.95. The summed E-state index contributed by atoms with van der Waals surface area (Å²) in [5.74, 6) is -4.43. The maximum atomic E-state index is 13.5. The van der Waals surface area contributed by atoms with Gasteiger partial charge in [-0.05, 0) is 43.2 Å². The fourth-order valence-corrected chi connectivity index (χ4v) is 2.98. The van der Waals surface area contributed by atoms with Crippen molar-refractivity contribution in [2.24, 2.45) is 11.7 Å². The molecule has 1 aliphatic carbocycles. The molecule has 2 N–H and O–H groups in total. The van der Waals surface area contributed by atoms with Crippen LogP contribution in [-0.2, 0) is 9.59 Å². The Bertz CT molecular complexity index is 705. The van der Waals surface area contributed by atoms with Gasteiger partial charge in [-0.15, -0.1) is 0 Å². The molecule has 1 aliphatic rings. The summed E-state index contributed by atoms with van der Waals surface area (Å²) in [4.78, 5) is 23.7. The van der Waals surface area contributed by atoms with Gasteiger partial charge in [0.05, 0.1) is 5.92 Å². The molecule has 2 rings (SSSR count). The molecule has 0 radical (unpaired) electrons. The van der Waals surface area contributed by atoms with E-state index >= 15 is 0 Å². The van der Waals surface area contributed by atoms with Crippen molar-refractivity contribution in [2.75, 3.05) is 0 Å². The standard InChI is InChI=1S/C16H14ClF2NO2/c1-7-13(17)6-12(8(2)21)15(14(7)16(20)22)9-3-10(18)5-11(19)4-9/h3-6,14-15H,1-2H3,(H2,20,22)/t14-,15?/m1/s1. The molecule has 0 saturated carbocycles. The minimum atomic E-state index is -0.933. The lowest BCUT2D eigenvalue weighted by molar-refractivity contribution is -0.121. The van der Waals surface area contributed by atoms with E-state index in [1.165, 1.54) is 13.0 Å². The second-order valence-electron chi connectivity index (χ2n) is 5.25. The Morgan fingerprint density at radius 3 is 2.18 bits per heavy atom. The first-order valence-electron chi connectivity index (χ1n) is 6.56. The molecule has 116 valence electrons. The van der Waals surface area contributed by atoms with Gasteiger partial charge in [0, 0.05) is 22.6 Å². The molecule has 1 aromatic carbocycles. The van der Waals surface area contributed by atoms with E-state index in [9.17, 15) is 18.4 Å². The third-order valence-corrected chi connectivity index (χ3v) is 4.16. The lowest BCUT2D eigenvalue weighted by Crippen LogP contribution is -2.34. The van der Waals surface area contributed by atoms with Crippen LogP contribution in [0.2, 0.25) is 0 Å². The number of Topliss-reactive ketones (excluding diaryl/α,β-unsaturated/α-hetero) is 1. The Kier molecular flexibility index (Phi) is 4.47. The van der Waals surface area contributed by atoms with Crippen LogP contribution in [0, 0.1) is 17.6 Å². The van der Waals surface area contributed by atoms with Gasteiger partial charge in [-0.1, -0.05) is 11.6 Å². The fraction of sp³-hybridized carbons (Fsp3) is 0.250. The molecule has 1 amide bonds. The Labute approximate surface area is 131 Å². The largest absolute Gasteiger partial charge is 0.369 e. The number of ketones is 1. The summed E-state index contributed by atoms with van der Waals surface area (Å²) >= 11 is 6.06. The predicted octanol–water partition coefficient (Wildman–Crippen LogP) is 3.19. The van der Waals surface area contributed by atoms with E-state index in [1.807, 2.05) is 0 Å². The fourth-order valence-electron chi connectivity index (χ4n) is 2.74. The lowest BCUT2D eigenvalue weighted by atomic mass is 9.72. The number of allylic oxidation sites excluding steroid dienone is 3. The monoisotopic (exact) mass is 325 g/mol. The summed E-state index contributed by atoms with van der Waals surface area (Å²) in [7, 11) is 0. The molecule has 0 bridgehead atoms. The molecular formula is C16H14ClF2NO2.